The van der Waals surface area contributed by atoms with Crippen LogP contribution in [0.1, 0.15) is 28.4 Å². The van der Waals surface area contributed by atoms with Crippen LogP contribution in [0.15, 0.2) is 28.9 Å². The summed E-state index contributed by atoms with van der Waals surface area (Å²) in [5.41, 5.74) is 10.9. The average molecular weight is 294 g/mol. The first kappa shape index (κ1) is 12.3. The molecule has 0 saturated carbocycles. The second-order valence-corrected chi connectivity index (χ2v) is 5.19. The summed E-state index contributed by atoms with van der Waals surface area (Å²) in [5, 5.41) is 4.20. The van der Waals surface area contributed by atoms with Crippen LogP contribution < -0.4 is 5.73 Å². The van der Waals surface area contributed by atoms with E-state index in [0.717, 1.165) is 15.7 Å². The zero-order chi connectivity index (χ0) is 12.6. The first-order valence-electron chi connectivity index (χ1n) is 5.51. The first-order valence-corrected chi connectivity index (χ1v) is 6.30. The van der Waals surface area contributed by atoms with E-state index in [1.807, 2.05) is 11.7 Å². The van der Waals surface area contributed by atoms with Gasteiger partial charge in [-0.15, -0.1) is 0 Å². The van der Waals surface area contributed by atoms with Gasteiger partial charge in [0.25, 0.3) is 0 Å². The summed E-state index contributed by atoms with van der Waals surface area (Å²) >= 11 is 3.49. The van der Waals surface area contributed by atoms with Crippen LogP contribution in [0.25, 0.3) is 0 Å². The highest BCUT2D eigenvalue weighted by atomic mass is 79.9. The molecular formula is C13H16BrN3. The van der Waals surface area contributed by atoms with Crippen molar-refractivity contribution in [2.45, 2.75) is 19.9 Å². The third-order valence-electron chi connectivity index (χ3n) is 3.00. The van der Waals surface area contributed by atoms with Gasteiger partial charge < -0.3 is 5.73 Å². The summed E-state index contributed by atoms with van der Waals surface area (Å²) in [7, 11) is 1.91. The highest BCUT2D eigenvalue weighted by Crippen LogP contribution is 2.28. The fraction of sp³-hybridized carbons (Fsp3) is 0.308. The molecule has 0 aliphatic carbocycles. The third kappa shape index (κ3) is 2.28. The minimum absolute atomic E-state index is 0.156. The molecule has 1 atom stereocenters. The zero-order valence-corrected chi connectivity index (χ0v) is 11.8. The maximum Gasteiger partial charge on any atom is 0.0737 e. The summed E-state index contributed by atoms with van der Waals surface area (Å²) in [6.07, 6.45) is 1.78. The van der Waals surface area contributed by atoms with Gasteiger partial charge >= 0.3 is 0 Å². The van der Waals surface area contributed by atoms with Crippen molar-refractivity contribution in [1.29, 1.82) is 0 Å². The Bertz CT molecular complexity index is 526. The van der Waals surface area contributed by atoms with Gasteiger partial charge in [0, 0.05) is 7.05 Å². The van der Waals surface area contributed by atoms with E-state index in [9.17, 15) is 0 Å². The minimum atomic E-state index is -0.156. The van der Waals surface area contributed by atoms with Gasteiger partial charge in [0.15, 0.2) is 0 Å². The molecular weight excluding hydrogens is 278 g/mol. The van der Waals surface area contributed by atoms with Crippen molar-refractivity contribution in [1.82, 2.24) is 9.78 Å². The SMILES string of the molecule is Cc1ccc(C)c(C(N)c2c(Br)cnn2C)c1. The number of rotatable bonds is 2. The molecule has 0 radical (unpaired) electrons. The lowest BCUT2D eigenvalue weighted by atomic mass is 9.97. The third-order valence-corrected chi connectivity index (χ3v) is 3.61. The van der Waals surface area contributed by atoms with Gasteiger partial charge in [-0.3, -0.25) is 4.68 Å². The standard InChI is InChI=1S/C13H16BrN3/c1-8-4-5-9(2)10(6-8)12(15)13-11(14)7-16-17(13)3/h4-7,12H,15H2,1-3H3. The van der Waals surface area contributed by atoms with Gasteiger partial charge in [0.2, 0.25) is 0 Å². The Morgan fingerprint density at radius 2 is 2.06 bits per heavy atom. The number of nitrogens with zero attached hydrogens (tertiary/aromatic N) is 2. The van der Waals surface area contributed by atoms with Crippen molar-refractivity contribution in [3.05, 3.63) is 51.3 Å². The van der Waals surface area contributed by atoms with Crippen LogP contribution in [0.3, 0.4) is 0 Å². The van der Waals surface area contributed by atoms with Crippen molar-refractivity contribution >= 4 is 15.9 Å². The Hall–Kier alpha value is -1.13. The maximum atomic E-state index is 6.34. The lowest BCUT2D eigenvalue weighted by Crippen LogP contribution is -2.17. The van der Waals surface area contributed by atoms with Gasteiger partial charge in [0.1, 0.15) is 0 Å². The smallest absolute Gasteiger partial charge is 0.0737 e. The minimum Gasteiger partial charge on any atom is -0.319 e. The van der Waals surface area contributed by atoms with E-state index in [0.29, 0.717) is 0 Å². The fourth-order valence-corrected chi connectivity index (χ4v) is 2.61. The van der Waals surface area contributed by atoms with E-state index in [1.165, 1.54) is 11.1 Å². The van der Waals surface area contributed by atoms with Gasteiger partial charge in [-0.25, -0.2) is 0 Å². The average Bonchev–Trinajstić information content (AvgIpc) is 2.61. The molecule has 1 aromatic heterocycles. The largest absolute Gasteiger partial charge is 0.319 e. The second kappa shape index (κ2) is 4.63. The summed E-state index contributed by atoms with van der Waals surface area (Å²) < 4.78 is 2.77. The van der Waals surface area contributed by atoms with Gasteiger partial charge in [-0.05, 0) is 40.9 Å². The van der Waals surface area contributed by atoms with Crippen LogP contribution in [0, 0.1) is 13.8 Å². The van der Waals surface area contributed by atoms with Crippen molar-refractivity contribution in [2.24, 2.45) is 12.8 Å². The van der Waals surface area contributed by atoms with Crippen molar-refractivity contribution in [2.75, 3.05) is 0 Å². The van der Waals surface area contributed by atoms with Crippen LogP contribution in [-0.2, 0) is 7.05 Å². The highest BCUT2D eigenvalue weighted by molar-refractivity contribution is 9.10. The van der Waals surface area contributed by atoms with Gasteiger partial charge in [-0.2, -0.15) is 5.10 Å². The second-order valence-electron chi connectivity index (χ2n) is 4.34. The molecule has 3 nitrogen and oxygen atoms in total. The number of hydrogen-bond donors (Lipinski definition) is 1. The molecule has 2 N–H and O–H groups in total. The van der Waals surface area contributed by atoms with E-state index in [2.05, 4.69) is 53.1 Å². The van der Waals surface area contributed by atoms with Gasteiger partial charge in [0.05, 0.1) is 22.4 Å². The van der Waals surface area contributed by atoms with Crippen LogP contribution in [-0.4, -0.2) is 9.78 Å². The molecule has 90 valence electrons. The summed E-state index contributed by atoms with van der Waals surface area (Å²) in [4.78, 5) is 0. The molecule has 1 aromatic carbocycles. The normalized spacial score (nSPS) is 12.8. The van der Waals surface area contributed by atoms with Crippen molar-refractivity contribution < 1.29 is 0 Å². The van der Waals surface area contributed by atoms with Crippen molar-refractivity contribution in [3.63, 3.8) is 0 Å². The van der Waals surface area contributed by atoms with Crippen LogP contribution in [0.4, 0.5) is 0 Å². The molecule has 1 unspecified atom stereocenters. The van der Waals surface area contributed by atoms with E-state index in [1.54, 1.807) is 6.20 Å². The molecule has 1 heterocycles. The van der Waals surface area contributed by atoms with E-state index < -0.39 is 0 Å². The Balaban J connectivity index is 2.50. The zero-order valence-electron chi connectivity index (χ0n) is 10.2. The molecule has 17 heavy (non-hydrogen) atoms. The fourth-order valence-electron chi connectivity index (χ4n) is 2.01. The number of nitrogens with two attached hydrogens (primary N) is 1. The van der Waals surface area contributed by atoms with E-state index in [4.69, 9.17) is 5.73 Å². The van der Waals surface area contributed by atoms with Crippen molar-refractivity contribution in [3.8, 4) is 0 Å². The Labute approximate surface area is 110 Å². The Kier molecular flexibility index (Phi) is 3.35. The molecule has 0 aliphatic heterocycles. The molecule has 0 fully saturated rings. The molecule has 0 amide bonds. The summed E-state index contributed by atoms with van der Waals surface area (Å²) in [6, 6.07) is 6.19. The van der Waals surface area contributed by atoms with E-state index >= 15 is 0 Å². The summed E-state index contributed by atoms with van der Waals surface area (Å²) in [5.74, 6) is 0. The predicted molar refractivity (Wildman–Crippen MR) is 72.9 cm³/mol. The maximum absolute atomic E-state index is 6.34. The lowest BCUT2D eigenvalue weighted by molar-refractivity contribution is 0.669. The first-order chi connectivity index (χ1) is 8.00. The van der Waals surface area contributed by atoms with Crippen LogP contribution >= 0.6 is 15.9 Å². The monoisotopic (exact) mass is 293 g/mol. The molecule has 2 aromatic rings. The molecule has 2 rings (SSSR count). The molecule has 0 aliphatic rings. The van der Waals surface area contributed by atoms with Crippen LogP contribution in [0.2, 0.25) is 0 Å². The number of halogens is 1. The van der Waals surface area contributed by atoms with E-state index in [-0.39, 0.29) is 6.04 Å². The number of aryl methyl sites for hydroxylation is 3. The molecule has 0 bridgehead atoms. The van der Waals surface area contributed by atoms with Gasteiger partial charge in [-0.1, -0.05) is 23.8 Å². The lowest BCUT2D eigenvalue weighted by Gasteiger charge is -2.16. The number of aromatic nitrogens is 2. The molecule has 0 saturated heterocycles. The topological polar surface area (TPSA) is 43.8 Å². The Morgan fingerprint density at radius 3 is 2.65 bits per heavy atom. The summed E-state index contributed by atoms with van der Waals surface area (Å²) in [6.45, 7) is 4.16. The quantitative estimate of drug-likeness (QED) is 0.925. The predicted octanol–water partition coefficient (Wildman–Crippen LogP) is 2.85. The highest BCUT2D eigenvalue weighted by Gasteiger charge is 2.18. The van der Waals surface area contributed by atoms with Crippen LogP contribution in [0.5, 0.6) is 0 Å². The molecule has 4 heteroatoms. The Morgan fingerprint density at radius 1 is 1.35 bits per heavy atom. The number of benzene rings is 1. The number of hydrogen-bond acceptors (Lipinski definition) is 2. The molecule has 0 spiro atoms.